The molecule has 2 rings (SSSR count). The van der Waals surface area contributed by atoms with Crippen molar-refractivity contribution in [3.63, 3.8) is 0 Å². The molecule has 0 unspecified atom stereocenters. The first-order chi connectivity index (χ1) is 11.8. The Morgan fingerprint density at radius 1 is 0.960 bits per heavy atom. The van der Waals surface area contributed by atoms with Gasteiger partial charge in [0.05, 0.1) is 0 Å². The van der Waals surface area contributed by atoms with Crippen molar-refractivity contribution < 1.29 is 14.7 Å². The number of carboxylic acids is 1. The fourth-order valence-corrected chi connectivity index (χ4v) is 2.03. The van der Waals surface area contributed by atoms with E-state index in [0.29, 0.717) is 6.42 Å². The highest BCUT2D eigenvalue weighted by molar-refractivity contribution is 6.08. The summed E-state index contributed by atoms with van der Waals surface area (Å²) in [5.74, 6) is -0.825. The molecule has 0 aliphatic rings. The number of carbonyl (C=O) groups is 2. The van der Waals surface area contributed by atoms with Crippen molar-refractivity contribution in [1.29, 1.82) is 0 Å². The maximum Gasteiger partial charge on any atom is 0.330 e. The number of rotatable bonds is 6. The van der Waals surface area contributed by atoms with Gasteiger partial charge in [0.1, 0.15) is 0 Å². The highest BCUT2D eigenvalue weighted by Gasteiger charge is 2.07. The second-order valence-corrected chi connectivity index (χ2v) is 5.89. The van der Waals surface area contributed by atoms with E-state index in [1.54, 1.807) is 6.92 Å². The first-order valence-electron chi connectivity index (χ1n) is 8.09. The number of benzene rings is 2. The molecular formula is C21H25NO3. The highest BCUT2D eigenvalue weighted by Crippen LogP contribution is 2.11. The molecule has 2 aromatic rings. The fraction of sp³-hybridized carbons (Fsp3) is 0.238. The maximum atomic E-state index is 12.2. The van der Waals surface area contributed by atoms with Gasteiger partial charge in [0.15, 0.2) is 5.78 Å². The summed E-state index contributed by atoms with van der Waals surface area (Å²) in [4.78, 5) is 24.1. The van der Waals surface area contributed by atoms with Crippen molar-refractivity contribution in [2.75, 3.05) is 14.1 Å². The van der Waals surface area contributed by atoms with Gasteiger partial charge in [-0.25, -0.2) is 4.79 Å². The van der Waals surface area contributed by atoms with Crippen LogP contribution < -0.4 is 0 Å². The Hall–Kier alpha value is -2.72. The molecule has 0 heterocycles. The minimum Gasteiger partial charge on any atom is -0.478 e. The van der Waals surface area contributed by atoms with E-state index < -0.39 is 5.97 Å². The van der Waals surface area contributed by atoms with Gasteiger partial charge in [-0.05, 0) is 26.1 Å². The van der Waals surface area contributed by atoms with E-state index in [-0.39, 0.29) is 11.4 Å². The standard InChI is InChI=1S/C16H17NO.C5H8O2/c1-17(2)12-13-8-10-15(11-9-13)16(18)14-6-4-3-5-7-14;1-3-4(2)5(6)7/h3-11H,12H2,1-2H3;2-3H2,1H3,(H,6,7). The summed E-state index contributed by atoms with van der Waals surface area (Å²) in [5.41, 5.74) is 2.95. The molecule has 0 saturated carbocycles. The zero-order valence-electron chi connectivity index (χ0n) is 15.0. The number of aliphatic carboxylic acids is 1. The van der Waals surface area contributed by atoms with Crippen LogP contribution in [0.25, 0.3) is 0 Å². The van der Waals surface area contributed by atoms with E-state index in [4.69, 9.17) is 5.11 Å². The second-order valence-electron chi connectivity index (χ2n) is 5.89. The Balaban J connectivity index is 0.000000381. The molecule has 0 spiro atoms. The Labute approximate surface area is 149 Å². The molecule has 0 amide bonds. The quantitative estimate of drug-likeness (QED) is 0.638. The van der Waals surface area contributed by atoms with Crippen molar-refractivity contribution in [1.82, 2.24) is 4.90 Å². The average Bonchev–Trinajstić information content (AvgIpc) is 2.61. The van der Waals surface area contributed by atoms with Crippen LogP contribution in [0.5, 0.6) is 0 Å². The monoisotopic (exact) mass is 339 g/mol. The second kappa shape index (κ2) is 10.2. The van der Waals surface area contributed by atoms with Gasteiger partial charge in [-0.15, -0.1) is 0 Å². The molecule has 1 N–H and O–H groups in total. The lowest BCUT2D eigenvalue weighted by atomic mass is 10.0. The van der Waals surface area contributed by atoms with Gasteiger partial charge >= 0.3 is 5.97 Å². The molecule has 0 saturated heterocycles. The molecule has 0 fully saturated rings. The summed E-state index contributed by atoms with van der Waals surface area (Å²) >= 11 is 0. The van der Waals surface area contributed by atoms with Gasteiger partial charge in [-0.2, -0.15) is 0 Å². The van der Waals surface area contributed by atoms with Crippen LogP contribution >= 0.6 is 0 Å². The van der Waals surface area contributed by atoms with Gasteiger partial charge in [-0.1, -0.05) is 68.1 Å². The number of carboxylic acid groups (broad SMARTS) is 1. The van der Waals surface area contributed by atoms with Crippen molar-refractivity contribution in [2.24, 2.45) is 0 Å². The van der Waals surface area contributed by atoms with Gasteiger partial charge in [0.2, 0.25) is 0 Å². The topological polar surface area (TPSA) is 57.6 Å². The average molecular weight is 339 g/mol. The molecule has 0 radical (unpaired) electrons. The smallest absolute Gasteiger partial charge is 0.330 e. The zero-order valence-corrected chi connectivity index (χ0v) is 15.0. The van der Waals surface area contributed by atoms with Crippen LogP contribution in [0, 0.1) is 0 Å². The molecular weight excluding hydrogens is 314 g/mol. The first kappa shape index (κ1) is 20.3. The number of hydrogen-bond donors (Lipinski definition) is 1. The van der Waals surface area contributed by atoms with Crippen molar-refractivity contribution in [3.05, 3.63) is 83.4 Å². The van der Waals surface area contributed by atoms with Gasteiger partial charge in [-0.3, -0.25) is 4.79 Å². The summed E-state index contributed by atoms with van der Waals surface area (Å²) in [6.45, 7) is 5.92. The lowest BCUT2D eigenvalue weighted by Crippen LogP contribution is -2.10. The lowest BCUT2D eigenvalue weighted by molar-refractivity contribution is -0.132. The van der Waals surface area contributed by atoms with Gasteiger partial charge in [0, 0.05) is 23.2 Å². The molecule has 0 bridgehead atoms. The Bertz CT molecular complexity index is 704. The summed E-state index contributed by atoms with van der Waals surface area (Å²) < 4.78 is 0. The van der Waals surface area contributed by atoms with Crippen LogP contribution in [0.15, 0.2) is 66.7 Å². The van der Waals surface area contributed by atoms with E-state index >= 15 is 0 Å². The zero-order chi connectivity index (χ0) is 18.8. The van der Waals surface area contributed by atoms with E-state index in [1.807, 2.05) is 68.7 Å². The third kappa shape index (κ3) is 7.14. The maximum absolute atomic E-state index is 12.2. The SMILES string of the molecule is C=C(CC)C(=O)O.CN(C)Cc1ccc(C(=O)c2ccccc2)cc1. The van der Waals surface area contributed by atoms with E-state index in [0.717, 1.165) is 17.7 Å². The minimum atomic E-state index is -0.900. The van der Waals surface area contributed by atoms with E-state index in [1.165, 1.54) is 5.56 Å². The number of nitrogens with zero attached hydrogens (tertiary/aromatic N) is 1. The Kier molecular flexibility index (Phi) is 8.30. The van der Waals surface area contributed by atoms with Crippen molar-refractivity contribution >= 4 is 11.8 Å². The molecule has 0 aromatic heterocycles. The number of carbonyl (C=O) groups excluding carboxylic acids is 1. The van der Waals surface area contributed by atoms with Crippen molar-refractivity contribution in [3.8, 4) is 0 Å². The minimum absolute atomic E-state index is 0.0759. The molecule has 4 nitrogen and oxygen atoms in total. The number of hydrogen-bond acceptors (Lipinski definition) is 3. The molecule has 4 heteroatoms. The van der Waals surface area contributed by atoms with Crippen LogP contribution in [0.3, 0.4) is 0 Å². The van der Waals surface area contributed by atoms with E-state index in [2.05, 4.69) is 11.5 Å². The summed E-state index contributed by atoms with van der Waals surface area (Å²) in [6, 6.07) is 17.2. The van der Waals surface area contributed by atoms with E-state index in [9.17, 15) is 9.59 Å². The predicted molar refractivity (Wildman–Crippen MR) is 101 cm³/mol. The van der Waals surface area contributed by atoms with Crippen molar-refractivity contribution in [2.45, 2.75) is 19.9 Å². The summed E-state index contributed by atoms with van der Waals surface area (Å²) in [7, 11) is 4.06. The lowest BCUT2D eigenvalue weighted by Gasteiger charge is -2.09. The summed E-state index contributed by atoms with van der Waals surface area (Å²) in [6.07, 6.45) is 0.523. The molecule has 0 atom stereocenters. The fourth-order valence-electron chi connectivity index (χ4n) is 2.03. The van der Waals surface area contributed by atoms with Crippen LogP contribution in [0.2, 0.25) is 0 Å². The molecule has 132 valence electrons. The van der Waals surface area contributed by atoms with Gasteiger partial charge < -0.3 is 10.0 Å². The number of ketones is 1. The highest BCUT2D eigenvalue weighted by atomic mass is 16.4. The first-order valence-corrected chi connectivity index (χ1v) is 8.09. The van der Waals surface area contributed by atoms with Gasteiger partial charge in [0.25, 0.3) is 0 Å². The van der Waals surface area contributed by atoms with Crippen LogP contribution in [-0.4, -0.2) is 35.9 Å². The third-order valence-corrected chi connectivity index (χ3v) is 3.48. The Morgan fingerprint density at radius 3 is 1.88 bits per heavy atom. The summed E-state index contributed by atoms with van der Waals surface area (Å²) in [5, 5.41) is 8.08. The third-order valence-electron chi connectivity index (χ3n) is 3.48. The normalized spacial score (nSPS) is 9.92. The van der Waals surface area contributed by atoms with Crippen LogP contribution in [0.1, 0.15) is 34.8 Å². The predicted octanol–water partition coefficient (Wildman–Crippen LogP) is 4.02. The Morgan fingerprint density at radius 2 is 1.48 bits per heavy atom. The molecule has 0 aliphatic carbocycles. The largest absolute Gasteiger partial charge is 0.478 e. The molecule has 2 aromatic carbocycles. The van der Waals surface area contributed by atoms with Crippen LogP contribution in [0.4, 0.5) is 0 Å². The molecule has 0 aliphatic heterocycles. The molecule has 25 heavy (non-hydrogen) atoms. The van der Waals surface area contributed by atoms with Crippen LogP contribution in [-0.2, 0) is 11.3 Å².